The number of aryl methyl sites for hydroxylation is 1. The van der Waals surface area contributed by atoms with Gasteiger partial charge in [0, 0.05) is 5.56 Å². The summed E-state index contributed by atoms with van der Waals surface area (Å²) in [7, 11) is 1.32. The minimum atomic E-state index is -0.487. The van der Waals surface area contributed by atoms with Crippen molar-refractivity contribution in [3.8, 4) is 0 Å². The fraction of sp³-hybridized carbons (Fsp3) is 0.571. The highest BCUT2D eigenvalue weighted by Crippen LogP contribution is 2.22. The summed E-state index contributed by atoms with van der Waals surface area (Å²) in [6.45, 7) is 3.08. The first kappa shape index (κ1) is 14.6. The van der Waals surface area contributed by atoms with Crippen molar-refractivity contribution in [3.63, 3.8) is 0 Å². The Morgan fingerprint density at radius 1 is 1.50 bits per heavy atom. The second-order valence-electron chi connectivity index (χ2n) is 5.10. The van der Waals surface area contributed by atoms with Crippen LogP contribution in [-0.4, -0.2) is 36.5 Å². The number of nitrogens with zero attached hydrogens (tertiary/aromatic N) is 1. The monoisotopic (exact) mass is 280 g/mol. The first-order chi connectivity index (χ1) is 9.52. The average Bonchev–Trinajstić information content (AvgIpc) is 2.79. The molecule has 1 saturated heterocycles. The predicted molar refractivity (Wildman–Crippen MR) is 72.0 cm³/mol. The van der Waals surface area contributed by atoms with Gasteiger partial charge in [-0.05, 0) is 32.4 Å². The van der Waals surface area contributed by atoms with Crippen molar-refractivity contribution >= 4 is 11.9 Å². The third-order valence-corrected chi connectivity index (χ3v) is 3.64. The van der Waals surface area contributed by atoms with E-state index in [1.54, 1.807) is 13.0 Å². The first-order valence-electron chi connectivity index (χ1n) is 6.74. The Kier molecular flexibility index (Phi) is 4.44. The Bertz CT molecular complexity index is 509. The maximum Gasteiger partial charge on any atom is 0.374 e. The summed E-state index contributed by atoms with van der Waals surface area (Å²) in [4.78, 5) is 25.0. The number of likely N-dealkylation sites (tertiary alicyclic amines) is 1. The number of esters is 1. The van der Waals surface area contributed by atoms with Crippen molar-refractivity contribution in [3.05, 3.63) is 23.2 Å². The minimum absolute atomic E-state index is 0.218. The number of hydrogen-bond donors (Lipinski definition) is 1. The number of nitrogens with two attached hydrogens (primary N) is 1. The van der Waals surface area contributed by atoms with Gasteiger partial charge in [0.15, 0.2) is 0 Å². The van der Waals surface area contributed by atoms with Gasteiger partial charge in [0.2, 0.25) is 11.7 Å². The topological polar surface area (TPSA) is 85.8 Å². The van der Waals surface area contributed by atoms with Crippen LogP contribution in [0, 0.1) is 6.92 Å². The van der Waals surface area contributed by atoms with Gasteiger partial charge in [0.25, 0.3) is 0 Å². The van der Waals surface area contributed by atoms with Gasteiger partial charge in [-0.25, -0.2) is 4.79 Å². The molecule has 1 aliphatic rings. The molecule has 1 aromatic heterocycles. The Labute approximate surface area is 117 Å². The molecular formula is C14H20N2O4. The predicted octanol–water partition coefficient (Wildman–Crippen LogP) is 1.21. The van der Waals surface area contributed by atoms with E-state index in [9.17, 15) is 9.59 Å². The van der Waals surface area contributed by atoms with E-state index in [-0.39, 0.29) is 17.7 Å². The van der Waals surface area contributed by atoms with Gasteiger partial charge < -0.3 is 14.9 Å². The highest BCUT2D eigenvalue weighted by Gasteiger charge is 2.28. The quantitative estimate of drug-likeness (QED) is 0.838. The molecule has 1 aliphatic heterocycles. The van der Waals surface area contributed by atoms with Crippen LogP contribution in [0.3, 0.4) is 0 Å². The van der Waals surface area contributed by atoms with Crippen LogP contribution in [0.15, 0.2) is 10.5 Å². The van der Waals surface area contributed by atoms with Gasteiger partial charge in [-0.3, -0.25) is 9.69 Å². The molecule has 6 heteroatoms. The molecule has 1 amide bonds. The zero-order valence-electron chi connectivity index (χ0n) is 11.8. The van der Waals surface area contributed by atoms with Crippen molar-refractivity contribution in [2.24, 2.45) is 5.73 Å². The molecule has 0 aliphatic carbocycles. The first-order valence-corrected chi connectivity index (χ1v) is 6.74. The second kappa shape index (κ2) is 6.09. The van der Waals surface area contributed by atoms with Crippen molar-refractivity contribution in [1.82, 2.24) is 4.90 Å². The number of methoxy groups -OCH3 is 1. The second-order valence-corrected chi connectivity index (χ2v) is 5.10. The van der Waals surface area contributed by atoms with Gasteiger partial charge in [0.05, 0.1) is 19.7 Å². The number of rotatable bonds is 4. The number of primary amides is 1. The van der Waals surface area contributed by atoms with E-state index in [1.807, 2.05) is 4.90 Å². The van der Waals surface area contributed by atoms with Crippen LogP contribution in [-0.2, 0) is 16.1 Å². The minimum Gasteiger partial charge on any atom is -0.463 e. The highest BCUT2D eigenvalue weighted by molar-refractivity contribution is 5.87. The Morgan fingerprint density at radius 2 is 2.25 bits per heavy atom. The molecule has 110 valence electrons. The molecule has 0 unspecified atom stereocenters. The largest absolute Gasteiger partial charge is 0.463 e. The summed E-state index contributed by atoms with van der Waals surface area (Å²) in [5, 5.41) is 0. The van der Waals surface area contributed by atoms with Gasteiger partial charge >= 0.3 is 5.97 Å². The van der Waals surface area contributed by atoms with Gasteiger partial charge in [-0.2, -0.15) is 0 Å². The van der Waals surface area contributed by atoms with Crippen LogP contribution in [0.5, 0.6) is 0 Å². The van der Waals surface area contributed by atoms with Gasteiger partial charge in [-0.1, -0.05) is 6.42 Å². The van der Waals surface area contributed by atoms with E-state index in [0.29, 0.717) is 12.3 Å². The van der Waals surface area contributed by atoms with E-state index in [1.165, 1.54) is 7.11 Å². The molecule has 0 spiro atoms. The molecule has 2 rings (SSSR count). The zero-order valence-corrected chi connectivity index (χ0v) is 11.8. The summed E-state index contributed by atoms with van der Waals surface area (Å²) in [5.74, 6) is 0.0752. The molecule has 1 fully saturated rings. The summed E-state index contributed by atoms with van der Waals surface area (Å²) in [6, 6.07) is 1.55. The summed E-state index contributed by atoms with van der Waals surface area (Å²) >= 11 is 0. The van der Waals surface area contributed by atoms with Crippen molar-refractivity contribution in [2.75, 3.05) is 13.7 Å². The molecule has 20 heavy (non-hydrogen) atoms. The number of carbonyl (C=O) groups is 2. The molecule has 2 N–H and O–H groups in total. The normalized spacial score (nSPS) is 19.8. The van der Waals surface area contributed by atoms with Crippen molar-refractivity contribution < 1.29 is 18.7 Å². The van der Waals surface area contributed by atoms with Crippen LogP contribution in [0.4, 0.5) is 0 Å². The van der Waals surface area contributed by atoms with Crippen molar-refractivity contribution in [2.45, 2.75) is 38.8 Å². The summed E-state index contributed by atoms with van der Waals surface area (Å²) in [6.07, 6.45) is 2.82. The number of amides is 1. The Balaban J connectivity index is 2.12. The highest BCUT2D eigenvalue weighted by atomic mass is 16.5. The fourth-order valence-electron chi connectivity index (χ4n) is 2.62. The van der Waals surface area contributed by atoms with Crippen LogP contribution >= 0.6 is 0 Å². The van der Waals surface area contributed by atoms with Crippen LogP contribution < -0.4 is 5.73 Å². The number of hydrogen-bond acceptors (Lipinski definition) is 5. The Hall–Kier alpha value is -1.82. The average molecular weight is 280 g/mol. The third-order valence-electron chi connectivity index (χ3n) is 3.64. The van der Waals surface area contributed by atoms with Crippen LogP contribution in [0.25, 0.3) is 0 Å². The van der Waals surface area contributed by atoms with Gasteiger partial charge in [0.1, 0.15) is 5.76 Å². The smallest absolute Gasteiger partial charge is 0.374 e. The molecular weight excluding hydrogens is 260 g/mol. The molecule has 0 saturated carbocycles. The van der Waals surface area contributed by atoms with E-state index < -0.39 is 5.97 Å². The van der Waals surface area contributed by atoms with Crippen LogP contribution in [0.1, 0.15) is 41.1 Å². The third kappa shape index (κ3) is 3.01. The number of furan rings is 1. The molecule has 0 aromatic carbocycles. The van der Waals surface area contributed by atoms with E-state index in [2.05, 4.69) is 4.74 Å². The lowest BCUT2D eigenvalue weighted by atomic mass is 10.0. The maximum atomic E-state index is 11.5. The number of ether oxygens (including phenoxy) is 1. The SMILES string of the molecule is COC(=O)c1oc(CN2CCCC[C@@H]2C(N)=O)cc1C. The lowest BCUT2D eigenvalue weighted by molar-refractivity contribution is -0.124. The van der Waals surface area contributed by atoms with Gasteiger partial charge in [-0.15, -0.1) is 0 Å². The summed E-state index contributed by atoms with van der Waals surface area (Å²) in [5.41, 5.74) is 6.17. The zero-order chi connectivity index (χ0) is 14.7. The van der Waals surface area contributed by atoms with E-state index in [0.717, 1.165) is 31.4 Å². The van der Waals surface area contributed by atoms with E-state index in [4.69, 9.17) is 10.2 Å². The fourth-order valence-corrected chi connectivity index (χ4v) is 2.62. The number of piperidine rings is 1. The number of carbonyl (C=O) groups excluding carboxylic acids is 2. The molecule has 2 heterocycles. The standard InChI is InChI=1S/C14H20N2O4/c1-9-7-10(20-12(9)14(18)19-2)8-16-6-4-3-5-11(16)13(15)17/h7,11H,3-6,8H2,1-2H3,(H2,15,17)/t11-/m1/s1. The van der Waals surface area contributed by atoms with Crippen molar-refractivity contribution in [1.29, 1.82) is 0 Å². The Morgan fingerprint density at radius 3 is 2.90 bits per heavy atom. The molecule has 1 aromatic rings. The molecule has 0 bridgehead atoms. The summed E-state index contributed by atoms with van der Waals surface area (Å²) < 4.78 is 10.2. The molecule has 6 nitrogen and oxygen atoms in total. The lowest BCUT2D eigenvalue weighted by Crippen LogP contribution is -2.47. The molecule has 1 atom stereocenters. The molecule has 0 radical (unpaired) electrons. The lowest BCUT2D eigenvalue weighted by Gasteiger charge is -2.32. The van der Waals surface area contributed by atoms with Crippen LogP contribution in [0.2, 0.25) is 0 Å². The maximum absolute atomic E-state index is 11.5. The van der Waals surface area contributed by atoms with E-state index >= 15 is 0 Å².